The summed E-state index contributed by atoms with van der Waals surface area (Å²) in [4.78, 5) is 13.2. The average Bonchev–Trinajstić information content (AvgIpc) is 2.91. The van der Waals surface area contributed by atoms with Crippen molar-refractivity contribution in [2.45, 2.75) is 0 Å². The molecule has 0 radical (unpaired) electrons. The van der Waals surface area contributed by atoms with Crippen molar-refractivity contribution in [3.8, 4) is 11.3 Å². The number of carbonyl (C=O) groups is 1. The summed E-state index contributed by atoms with van der Waals surface area (Å²) in [7, 11) is 1.75. The highest BCUT2D eigenvalue weighted by Gasteiger charge is 2.14. The van der Waals surface area contributed by atoms with Crippen LogP contribution in [0.3, 0.4) is 0 Å². The molecule has 1 aliphatic heterocycles. The van der Waals surface area contributed by atoms with Crippen LogP contribution in [0.15, 0.2) is 30.3 Å². The summed E-state index contributed by atoms with van der Waals surface area (Å²) in [5.74, 6) is -1.01. The highest BCUT2D eigenvalue weighted by Crippen LogP contribution is 2.24. The first-order valence-electron chi connectivity index (χ1n) is 6.85. The number of morpholine rings is 1. The van der Waals surface area contributed by atoms with Crippen LogP contribution in [0.1, 0.15) is 10.5 Å². The third-order valence-corrected chi connectivity index (χ3v) is 3.64. The van der Waals surface area contributed by atoms with Crippen LogP contribution in [-0.4, -0.2) is 47.2 Å². The Morgan fingerprint density at radius 1 is 1.24 bits per heavy atom. The van der Waals surface area contributed by atoms with Crippen molar-refractivity contribution in [2.75, 3.05) is 31.2 Å². The molecule has 21 heavy (non-hydrogen) atoms. The van der Waals surface area contributed by atoms with Gasteiger partial charge in [0, 0.05) is 25.8 Å². The normalized spacial score (nSPS) is 15.2. The van der Waals surface area contributed by atoms with Crippen molar-refractivity contribution in [1.29, 1.82) is 0 Å². The number of rotatable bonds is 3. The van der Waals surface area contributed by atoms with Gasteiger partial charge in [-0.1, -0.05) is 12.1 Å². The fourth-order valence-corrected chi connectivity index (χ4v) is 2.51. The lowest BCUT2D eigenvalue weighted by Gasteiger charge is -2.28. The number of hydrogen-bond acceptors (Lipinski definition) is 4. The van der Waals surface area contributed by atoms with Gasteiger partial charge in [0.1, 0.15) is 0 Å². The highest BCUT2D eigenvalue weighted by molar-refractivity contribution is 5.87. The van der Waals surface area contributed by atoms with Crippen molar-refractivity contribution in [3.05, 3.63) is 36.0 Å². The van der Waals surface area contributed by atoms with Crippen LogP contribution in [0.2, 0.25) is 0 Å². The Morgan fingerprint density at radius 2 is 1.90 bits per heavy atom. The van der Waals surface area contributed by atoms with Gasteiger partial charge in [0.15, 0.2) is 5.69 Å². The van der Waals surface area contributed by atoms with E-state index in [2.05, 4.69) is 10.00 Å². The number of carboxylic acids is 1. The average molecular weight is 287 g/mol. The van der Waals surface area contributed by atoms with Crippen LogP contribution in [0.4, 0.5) is 5.69 Å². The molecule has 1 N–H and O–H groups in total. The quantitative estimate of drug-likeness (QED) is 0.929. The lowest BCUT2D eigenvalue weighted by molar-refractivity contribution is 0.0689. The van der Waals surface area contributed by atoms with E-state index >= 15 is 0 Å². The monoisotopic (exact) mass is 287 g/mol. The van der Waals surface area contributed by atoms with Gasteiger partial charge < -0.3 is 14.7 Å². The molecule has 1 aromatic carbocycles. The zero-order valence-corrected chi connectivity index (χ0v) is 11.8. The second-order valence-corrected chi connectivity index (χ2v) is 4.99. The zero-order valence-electron chi connectivity index (χ0n) is 11.8. The molecular formula is C15H17N3O3. The van der Waals surface area contributed by atoms with Gasteiger partial charge in [0.25, 0.3) is 0 Å². The first-order chi connectivity index (χ1) is 10.1. The molecule has 1 aliphatic rings. The third kappa shape index (κ3) is 2.75. The van der Waals surface area contributed by atoms with Crippen LogP contribution in [0.5, 0.6) is 0 Å². The van der Waals surface area contributed by atoms with Gasteiger partial charge in [-0.3, -0.25) is 4.68 Å². The Labute approximate surface area is 122 Å². The van der Waals surface area contributed by atoms with Crippen LogP contribution in [0, 0.1) is 0 Å². The Morgan fingerprint density at radius 3 is 2.48 bits per heavy atom. The van der Waals surface area contributed by atoms with E-state index in [0.717, 1.165) is 43.2 Å². The summed E-state index contributed by atoms with van der Waals surface area (Å²) in [6, 6.07) is 9.68. The number of anilines is 1. The van der Waals surface area contributed by atoms with E-state index in [4.69, 9.17) is 9.84 Å². The molecule has 0 unspecified atom stereocenters. The number of hydrogen-bond donors (Lipinski definition) is 1. The van der Waals surface area contributed by atoms with E-state index in [1.54, 1.807) is 17.8 Å². The first kappa shape index (κ1) is 13.6. The Bertz CT molecular complexity index is 643. The fourth-order valence-electron chi connectivity index (χ4n) is 2.51. The van der Waals surface area contributed by atoms with Crippen LogP contribution in [0.25, 0.3) is 11.3 Å². The number of ether oxygens (including phenoxy) is 1. The molecule has 1 fully saturated rings. The van der Waals surface area contributed by atoms with E-state index in [0.29, 0.717) is 0 Å². The van der Waals surface area contributed by atoms with Gasteiger partial charge in [-0.25, -0.2) is 4.79 Å². The minimum absolute atomic E-state index is 0.0600. The van der Waals surface area contributed by atoms with Crippen LogP contribution in [-0.2, 0) is 11.8 Å². The molecular weight excluding hydrogens is 270 g/mol. The summed E-state index contributed by atoms with van der Waals surface area (Å²) >= 11 is 0. The molecule has 0 saturated carbocycles. The summed E-state index contributed by atoms with van der Waals surface area (Å²) in [6.45, 7) is 3.30. The molecule has 6 heteroatoms. The second kappa shape index (κ2) is 5.57. The van der Waals surface area contributed by atoms with E-state index in [1.807, 2.05) is 24.3 Å². The largest absolute Gasteiger partial charge is 0.476 e. The second-order valence-electron chi connectivity index (χ2n) is 4.99. The minimum atomic E-state index is -1.01. The third-order valence-electron chi connectivity index (χ3n) is 3.64. The Hall–Kier alpha value is -2.34. The van der Waals surface area contributed by atoms with Gasteiger partial charge in [0.05, 0.1) is 18.9 Å². The van der Waals surface area contributed by atoms with Gasteiger partial charge in [-0.2, -0.15) is 5.10 Å². The number of carboxylic acid groups (broad SMARTS) is 1. The van der Waals surface area contributed by atoms with Crippen LogP contribution < -0.4 is 4.90 Å². The van der Waals surface area contributed by atoms with E-state index < -0.39 is 5.97 Å². The molecule has 0 bridgehead atoms. The molecule has 110 valence electrons. The number of aromatic nitrogens is 2. The molecule has 2 heterocycles. The molecule has 3 rings (SSSR count). The summed E-state index contributed by atoms with van der Waals surface area (Å²) in [5, 5.41) is 13.0. The van der Waals surface area contributed by atoms with Crippen molar-refractivity contribution < 1.29 is 14.6 Å². The van der Waals surface area contributed by atoms with Crippen molar-refractivity contribution in [2.24, 2.45) is 7.05 Å². The summed E-state index contributed by atoms with van der Waals surface area (Å²) in [6.07, 6.45) is 0. The van der Waals surface area contributed by atoms with Crippen molar-refractivity contribution >= 4 is 11.7 Å². The smallest absolute Gasteiger partial charge is 0.356 e. The maximum atomic E-state index is 11.0. The lowest BCUT2D eigenvalue weighted by atomic mass is 10.1. The molecule has 1 aromatic heterocycles. The van der Waals surface area contributed by atoms with Crippen LogP contribution >= 0.6 is 0 Å². The number of nitrogens with zero attached hydrogens (tertiary/aromatic N) is 3. The summed E-state index contributed by atoms with van der Waals surface area (Å²) < 4.78 is 6.94. The van der Waals surface area contributed by atoms with Gasteiger partial charge in [0.2, 0.25) is 0 Å². The fraction of sp³-hybridized carbons (Fsp3) is 0.333. The Kier molecular flexibility index (Phi) is 3.62. The molecule has 6 nitrogen and oxygen atoms in total. The first-order valence-corrected chi connectivity index (χ1v) is 6.85. The molecule has 0 amide bonds. The van der Waals surface area contributed by atoms with Gasteiger partial charge >= 0.3 is 5.97 Å². The predicted octanol–water partition coefficient (Wildman–Crippen LogP) is 1.62. The highest BCUT2D eigenvalue weighted by atomic mass is 16.5. The lowest BCUT2D eigenvalue weighted by Crippen LogP contribution is -2.36. The summed E-state index contributed by atoms with van der Waals surface area (Å²) in [5.41, 5.74) is 2.96. The van der Waals surface area contributed by atoms with Gasteiger partial charge in [-0.15, -0.1) is 0 Å². The maximum absolute atomic E-state index is 11.0. The van der Waals surface area contributed by atoms with Crippen molar-refractivity contribution in [3.63, 3.8) is 0 Å². The molecule has 0 aliphatic carbocycles. The molecule has 0 atom stereocenters. The van der Waals surface area contributed by atoms with Gasteiger partial charge in [-0.05, 0) is 23.8 Å². The molecule has 2 aromatic rings. The standard InChI is InChI=1S/C15H17N3O3/c1-17-14(10-13(16-17)15(19)20)11-2-4-12(5-3-11)18-6-8-21-9-7-18/h2-5,10H,6-9H2,1H3,(H,19,20). The topological polar surface area (TPSA) is 67.6 Å². The number of benzene rings is 1. The number of aromatic carboxylic acids is 1. The SMILES string of the molecule is Cn1nc(C(=O)O)cc1-c1ccc(N2CCOCC2)cc1. The molecule has 1 saturated heterocycles. The van der Waals surface area contributed by atoms with E-state index in [1.165, 1.54) is 0 Å². The minimum Gasteiger partial charge on any atom is -0.476 e. The van der Waals surface area contributed by atoms with E-state index in [9.17, 15) is 4.79 Å². The van der Waals surface area contributed by atoms with Crippen molar-refractivity contribution in [1.82, 2.24) is 9.78 Å². The predicted molar refractivity (Wildman–Crippen MR) is 78.6 cm³/mol. The van der Waals surface area contributed by atoms with E-state index in [-0.39, 0.29) is 5.69 Å². The molecule has 0 spiro atoms. The zero-order chi connectivity index (χ0) is 14.8. The maximum Gasteiger partial charge on any atom is 0.356 e. The number of aryl methyl sites for hydroxylation is 1. The Balaban J connectivity index is 1.85.